The lowest BCUT2D eigenvalue weighted by molar-refractivity contribution is 0.412. The molecule has 0 bridgehead atoms. The van der Waals surface area contributed by atoms with E-state index in [-0.39, 0.29) is 5.82 Å². The molecule has 0 radical (unpaired) electrons. The topological polar surface area (TPSA) is 35.2 Å². The van der Waals surface area contributed by atoms with Crippen LogP contribution in [0.15, 0.2) is 24.3 Å². The van der Waals surface area contributed by atoms with Gasteiger partial charge < -0.3 is 10.5 Å². The van der Waals surface area contributed by atoms with Crippen LogP contribution in [0.4, 0.5) is 4.39 Å². The zero-order valence-corrected chi connectivity index (χ0v) is 8.16. The summed E-state index contributed by atoms with van der Waals surface area (Å²) in [5.41, 5.74) is 6.07. The summed E-state index contributed by atoms with van der Waals surface area (Å²) < 4.78 is 18.0. The molecule has 0 aliphatic rings. The molecule has 0 aliphatic carbocycles. The third-order valence-electron chi connectivity index (χ3n) is 1.82. The third-order valence-corrected chi connectivity index (χ3v) is 1.82. The summed E-state index contributed by atoms with van der Waals surface area (Å²) in [7, 11) is 1.56. The van der Waals surface area contributed by atoms with Crippen molar-refractivity contribution in [2.24, 2.45) is 5.73 Å². The van der Waals surface area contributed by atoms with Crippen LogP contribution >= 0.6 is 0 Å². The molecule has 0 saturated heterocycles. The standard InChI is InChI=1S/C11H14FNO/c1-14-11-6-5-10(12)8-9(11)4-2-3-7-13/h2,4-6,8H,3,7,13H2,1H3. The van der Waals surface area contributed by atoms with E-state index in [9.17, 15) is 4.39 Å². The number of hydrogen-bond acceptors (Lipinski definition) is 2. The van der Waals surface area contributed by atoms with E-state index in [0.29, 0.717) is 12.3 Å². The Balaban J connectivity index is 2.87. The van der Waals surface area contributed by atoms with Crippen molar-refractivity contribution in [1.82, 2.24) is 0 Å². The Kier molecular flexibility index (Phi) is 4.13. The van der Waals surface area contributed by atoms with Gasteiger partial charge in [0.15, 0.2) is 0 Å². The van der Waals surface area contributed by atoms with Crippen LogP contribution in [0, 0.1) is 5.82 Å². The Bertz CT molecular complexity index is 323. The lowest BCUT2D eigenvalue weighted by atomic mass is 10.1. The fourth-order valence-corrected chi connectivity index (χ4v) is 1.14. The maximum absolute atomic E-state index is 12.9. The Hall–Kier alpha value is -1.35. The first-order chi connectivity index (χ1) is 6.77. The monoisotopic (exact) mass is 195 g/mol. The largest absolute Gasteiger partial charge is 0.496 e. The first kappa shape index (κ1) is 10.7. The maximum Gasteiger partial charge on any atom is 0.126 e. The van der Waals surface area contributed by atoms with E-state index in [0.717, 1.165) is 12.0 Å². The van der Waals surface area contributed by atoms with Crippen LogP contribution in [0.5, 0.6) is 5.75 Å². The van der Waals surface area contributed by atoms with Gasteiger partial charge >= 0.3 is 0 Å². The zero-order valence-electron chi connectivity index (χ0n) is 8.16. The van der Waals surface area contributed by atoms with Gasteiger partial charge in [0, 0.05) is 5.56 Å². The highest BCUT2D eigenvalue weighted by Gasteiger charge is 2.00. The van der Waals surface area contributed by atoms with E-state index in [1.54, 1.807) is 13.2 Å². The van der Waals surface area contributed by atoms with Gasteiger partial charge in [-0.25, -0.2) is 4.39 Å². The molecular weight excluding hydrogens is 181 g/mol. The van der Waals surface area contributed by atoms with Gasteiger partial charge in [-0.05, 0) is 31.2 Å². The molecule has 2 nitrogen and oxygen atoms in total. The first-order valence-corrected chi connectivity index (χ1v) is 4.48. The van der Waals surface area contributed by atoms with Crippen molar-refractivity contribution in [3.63, 3.8) is 0 Å². The summed E-state index contributed by atoms with van der Waals surface area (Å²) in [5.74, 6) is 0.401. The lowest BCUT2D eigenvalue weighted by Gasteiger charge is -2.03. The molecule has 1 aromatic carbocycles. The minimum absolute atomic E-state index is 0.266. The van der Waals surface area contributed by atoms with Crippen LogP contribution in [0.25, 0.3) is 6.08 Å². The molecular formula is C11H14FNO. The molecule has 0 heterocycles. The first-order valence-electron chi connectivity index (χ1n) is 4.48. The summed E-state index contributed by atoms with van der Waals surface area (Å²) >= 11 is 0. The van der Waals surface area contributed by atoms with Crippen molar-refractivity contribution in [3.8, 4) is 5.75 Å². The lowest BCUT2D eigenvalue weighted by Crippen LogP contribution is -1.95. The van der Waals surface area contributed by atoms with Crippen molar-refractivity contribution in [2.75, 3.05) is 13.7 Å². The molecule has 0 aliphatic heterocycles. The van der Waals surface area contributed by atoms with Gasteiger partial charge in [-0.3, -0.25) is 0 Å². The van der Waals surface area contributed by atoms with Crippen molar-refractivity contribution >= 4 is 6.08 Å². The van der Waals surface area contributed by atoms with Crippen LogP contribution in [0.1, 0.15) is 12.0 Å². The number of benzene rings is 1. The van der Waals surface area contributed by atoms with E-state index in [2.05, 4.69) is 0 Å². The van der Waals surface area contributed by atoms with Gasteiger partial charge in [0.25, 0.3) is 0 Å². The molecule has 2 N–H and O–H groups in total. The second-order valence-corrected chi connectivity index (χ2v) is 2.87. The molecule has 0 aromatic heterocycles. The number of halogens is 1. The summed E-state index contributed by atoms with van der Waals surface area (Å²) in [4.78, 5) is 0. The van der Waals surface area contributed by atoms with Crippen LogP contribution < -0.4 is 10.5 Å². The number of ether oxygens (including phenoxy) is 1. The van der Waals surface area contributed by atoms with E-state index in [1.165, 1.54) is 12.1 Å². The third kappa shape index (κ3) is 2.85. The molecule has 0 atom stereocenters. The fraction of sp³-hybridized carbons (Fsp3) is 0.273. The van der Waals surface area contributed by atoms with E-state index in [4.69, 9.17) is 10.5 Å². The quantitative estimate of drug-likeness (QED) is 0.799. The van der Waals surface area contributed by atoms with E-state index in [1.807, 2.05) is 12.2 Å². The van der Waals surface area contributed by atoms with Crippen LogP contribution in [0.2, 0.25) is 0 Å². The van der Waals surface area contributed by atoms with Gasteiger partial charge in [0.1, 0.15) is 11.6 Å². The average molecular weight is 195 g/mol. The summed E-state index contributed by atoms with van der Waals surface area (Å²) in [6.07, 6.45) is 4.49. The molecule has 3 heteroatoms. The highest BCUT2D eigenvalue weighted by Crippen LogP contribution is 2.20. The maximum atomic E-state index is 12.9. The Labute approximate surface area is 83.2 Å². The highest BCUT2D eigenvalue weighted by molar-refractivity contribution is 5.57. The van der Waals surface area contributed by atoms with Crippen LogP contribution in [-0.4, -0.2) is 13.7 Å². The van der Waals surface area contributed by atoms with Crippen molar-refractivity contribution in [2.45, 2.75) is 6.42 Å². The molecule has 76 valence electrons. The number of rotatable bonds is 4. The fourth-order valence-electron chi connectivity index (χ4n) is 1.14. The predicted octanol–water partition coefficient (Wildman–Crippen LogP) is 2.20. The molecule has 0 saturated carbocycles. The number of nitrogens with two attached hydrogens (primary N) is 1. The second-order valence-electron chi connectivity index (χ2n) is 2.87. The summed E-state index contributed by atoms with van der Waals surface area (Å²) in [6, 6.07) is 4.42. The zero-order chi connectivity index (χ0) is 10.4. The molecule has 1 rings (SSSR count). The average Bonchev–Trinajstić information content (AvgIpc) is 2.19. The van der Waals surface area contributed by atoms with Gasteiger partial charge in [-0.1, -0.05) is 12.2 Å². The minimum Gasteiger partial charge on any atom is -0.496 e. The van der Waals surface area contributed by atoms with E-state index < -0.39 is 0 Å². The predicted molar refractivity (Wildman–Crippen MR) is 55.7 cm³/mol. The minimum atomic E-state index is -0.266. The van der Waals surface area contributed by atoms with Crippen molar-refractivity contribution in [1.29, 1.82) is 0 Å². The van der Waals surface area contributed by atoms with Crippen LogP contribution in [0.3, 0.4) is 0 Å². The molecule has 0 spiro atoms. The molecule has 14 heavy (non-hydrogen) atoms. The SMILES string of the molecule is COc1ccc(F)cc1C=CCCN. The normalized spacial score (nSPS) is 10.8. The summed E-state index contributed by atoms with van der Waals surface area (Å²) in [6.45, 7) is 0.591. The van der Waals surface area contributed by atoms with E-state index >= 15 is 0 Å². The summed E-state index contributed by atoms with van der Waals surface area (Å²) in [5, 5.41) is 0. The van der Waals surface area contributed by atoms with Gasteiger partial charge in [0.2, 0.25) is 0 Å². The number of hydrogen-bond donors (Lipinski definition) is 1. The molecule has 1 aromatic rings. The second kappa shape index (κ2) is 5.40. The molecule has 0 amide bonds. The van der Waals surface area contributed by atoms with Gasteiger partial charge in [0.05, 0.1) is 7.11 Å². The highest BCUT2D eigenvalue weighted by atomic mass is 19.1. The Morgan fingerprint density at radius 2 is 2.29 bits per heavy atom. The van der Waals surface area contributed by atoms with Crippen molar-refractivity contribution in [3.05, 3.63) is 35.7 Å². The van der Waals surface area contributed by atoms with Gasteiger partial charge in [-0.2, -0.15) is 0 Å². The van der Waals surface area contributed by atoms with Gasteiger partial charge in [-0.15, -0.1) is 0 Å². The van der Waals surface area contributed by atoms with Crippen LogP contribution in [-0.2, 0) is 0 Å². The Morgan fingerprint density at radius 3 is 2.93 bits per heavy atom. The number of methoxy groups -OCH3 is 1. The molecule has 0 fully saturated rings. The Morgan fingerprint density at radius 1 is 1.50 bits per heavy atom. The molecule has 0 unspecified atom stereocenters. The van der Waals surface area contributed by atoms with Crippen molar-refractivity contribution < 1.29 is 9.13 Å². The smallest absolute Gasteiger partial charge is 0.126 e.